The van der Waals surface area contributed by atoms with Gasteiger partial charge in [0, 0.05) is 31.7 Å². The van der Waals surface area contributed by atoms with Gasteiger partial charge in [-0.3, -0.25) is 0 Å². The van der Waals surface area contributed by atoms with Crippen molar-refractivity contribution in [3.05, 3.63) is 48.3 Å². The third-order valence-electron chi connectivity index (χ3n) is 4.68. The van der Waals surface area contributed by atoms with E-state index in [9.17, 15) is 4.79 Å². The molecule has 1 atom stereocenters. The third kappa shape index (κ3) is 2.97. The van der Waals surface area contributed by atoms with Crippen LogP contribution in [0.3, 0.4) is 0 Å². The molecule has 0 spiro atoms. The van der Waals surface area contributed by atoms with Crippen molar-refractivity contribution in [1.82, 2.24) is 24.8 Å². The van der Waals surface area contributed by atoms with Crippen LogP contribution in [0.15, 0.2) is 41.1 Å². The predicted octanol–water partition coefficient (Wildman–Crippen LogP) is 2.74. The molecule has 25 heavy (non-hydrogen) atoms. The molecule has 3 aromatic rings. The molecular weight excluding hydrogens is 318 g/mol. The van der Waals surface area contributed by atoms with Crippen molar-refractivity contribution in [3.8, 4) is 0 Å². The summed E-state index contributed by atoms with van der Waals surface area (Å²) in [6.45, 7) is 4.73. The van der Waals surface area contributed by atoms with Crippen LogP contribution < -0.4 is 5.32 Å². The van der Waals surface area contributed by atoms with E-state index in [2.05, 4.69) is 21.8 Å². The molecule has 2 amide bonds. The molecule has 0 aromatic carbocycles. The van der Waals surface area contributed by atoms with Gasteiger partial charge in [0.05, 0.1) is 12.8 Å². The molecule has 130 valence electrons. The van der Waals surface area contributed by atoms with Crippen LogP contribution in [0.25, 0.3) is 11.2 Å². The number of furan rings is 1. The number of nitrogens with one attached hydrogen (secondary N) is 1. The minimum Gasteiger partial charge on any atom is -0.467 e. The highest BCUT2D eigenvalue weighted by atomic mass is 16.3. The van der Waals surface area contributed by atoms with E-state index in [0.717, 1.165) is 42.3 Å². The number of urea groups is 1. The normalized spacial score (nSPS) is 17.3. The van der Waals surface area contributed by atoms with Gasteiger partial charge in [0.25, 0.3) is 0 Å². The Morgan fingerprint density at radius 1 is 1.40 bits per heavy atom. The molecule has 0 aliphatic carbocycles. The van der Waals surface area contributed by atoms with Crippen molar-refractivity contribution in [1.29, 1.82) is 0 Å². The van der Waals surface area contributed by atoms with Crippen LogP contribution in [-0.4, -0.2) is 38.6 Å². The van der Waals surface area contributed by atoms with Crippen molar-refractivity contribution in [3.63, 3.8) is 0 Å². The zero-order valence-corrected chi connectivity index (χ0v) is 14.2. The molecule has 0 radical (unpaired) electrons. The molecule has 1 fully saturated rings. The Balaban J connectivity index is 1.46. The highest BCUT2D eigenvalue weighted by Crippen LogP contribution is 2.29. The van der Waals surface area contributed by atoms with E-state index in [-0.39, 0.29) is 11.9 Å². The fraction of sp³-hybridized carbons (Fsp3) is 0.389. The van der Waals surface area contributed by atoms with E-state index in [1.165, 1.54) is 0 Å². The van der Waals surface area contributed by atoms with Gasteiger partial charge in [-0.15, -0.1) is 0 Å². The maximum Gasteiger partial charge on any atom is 0.317 e. The number of rotatable bonds is 4. The molecule has 0 saturated carbocycles. The third-order valence-corrected chi connectivity index (χ3v) is 4.68. The van der Waals surface area contributed by atoms with Crippen LogP contribution in [0.5, 0.6) is 0 Å². The van der Waals surface area contributed by atoms with Gasteiger partial charge in [0.15, 0.2) is 5.65 Å². The van der Waals surface area contributed by atoms with E-state index in [0.29, 0.717) is 13.1 Å². The number of carbonyl (C=O) groups excluding carboxylic acids is 1. The highest BCUT2D eigenvalue weighted by Gasteiger charge is 2.31. The topological polar surface area (TPSA) is 76.2 Å². The largest absolute Gasteiger partial charge is 0.467 e. The van der Waals surface area contributed by atoms with Gasteiger partial charge >= 0.3 is 6.03 Å². The van der Waals surface area contributed by atoms with Gasteiger partial charge in [0.2, 0.25) is 0 Å². The second-order valence-corrected chi connectivity index (χ2v) is 6.23. The van der Waals surface area contributed by atoms with E-state index < -0.39 is 0 Å². The molecule has 1 N–H and O–H groups in total. The molecule has 4 rings (SSSR count). The fourth-order valence-electron chi connectivity index (χ4n) is 3.44. The van der Waals surface area contributed by atoms with Gasteiger partial charge < -0.3 is 19.2 Å². The van der Waals surface area contributed by atoms with Crippen molar-refractivity contribution in [2.24, 2.45) is 0 Å². The van der Waals surface area contributed by atoms with E-state index >= 15 is 0 Å². The molecule has 1 saturated heterocycles. The van der Waals surface area contributed by atoms with Crippen molar-refractivity contribution >= 4 is 17.2 Å². The number of likely N-dealkylation sites (tertiary alicyclic amines) is 1. The van der Waals surface area contributed by atoms with Gasteiger partial charge in [-0.25, -0.2) is 14.8 Å². The van der Waals surface area contributed by atoms with Crippen LogP contribution in [0.2, 0.25) is 0 Å². The van der Waals surface area contributed by atoms with Crippen LogP contribution in [0, 0.1) is 0 Å². The lowest BCUT2D eigenvalue weighted by Crippen LogP contribution is -2.38. The second kappa shape index (κ2) is 6.58. The lowest BCUT2D eigenvalue weighted by atomic mass is 10.1. The quantitative estimate of drug-likeness (QED) is 0.793. The molecule has 0 bridgehead atoms. The first-order valence-corrected chi connectivity index (χ1v) is 8.62. The number of hydrogen-bond acceptors (Lipinski definition) is 4. The maximum atomic E-state index is 12.4. The van der Waals surface area contributed by atoms with E-state index in [1.54, 1.807) is 12.5 Å². The molecule has 3 aromatic heterocycles. The van der Waals surface area contributed by atoms with Crippen molar-refractivity contribution in [2.45, 2.75) is 32.4 Å². The van der Waals surface area contributed by atoms with Crippen molar-refractivity contribution < 1.29 is 9.21 Å². The van der Waals surface area contributed by atoms with Crippen LogP contribution in [0.1, 0.15) is 30.8 Å². The molecule has 4 heterocycles. The minimum atomic E-state index is -0.0591. The number of carbonyl (C=O) groups is 1. The summed E-state index contributed by atoms with van der Waals surface area (Å²) in [4.78, 5) is 23.5. The average Bonchev–Trinajstić information content (AvgIpc) is 3.38. The lowest BCUT2D eigenvalue weighted by molar-refractivity contribution is 0.206. The standard InChI is InChI=1S/C18H21N5O2/c1-2-23-16(21-15-6-3-8-19-17(15)23)13-7-9-22(12-13)18(24)20-11-14-5-4-10-25-14/h3-6,8,10,13H,2,7,9,11-12H2,1H3,(H,20,24). The highest BCUT2D eigenvalue weighted by molar-refractivity contribution is 5.75. The number of nitrogens with zero attached hydrogens (tertiary/aromatic N) is 4. The van der Waals surface area contributed by atoms with Gasteiger partial charge in [0.1, 0.15) is 17.1 Å². The number of pyridine rings is 1. The van der Waals surface area contributed by atoms with Gasteiger partial charge in [-0.2, -0.15) is 0 Å². The fourth-order valence-corrected chi connectivity index (χ4v) is 3.44. The monoisotopic (exact) mass is 339 g/mol. The minimum absolute atomic E-state index is 0.0591. The first-order valence-electron chi connectivity index (χ1n) is 8.62. The predicted molar refractivity (Wildman–Crippen MR) is 93.1 cm³/mol. The number of amides is 2. The van der Waals surface area contributed by atoms with Crippen LogP contribution >= 0.6 is 0 Å². The summed E-state index contributed by atoms with van der Waals surface area (Å²) in [7, 11) is 0. The molecular formula is C18H21N5O2. The SMILES string of the molecule is CCn1c(C2CCN(C(=O)NCc3ccco3)C2)nc2cccnc21. The molecule has 7 nitrogen and oxygen atoms in total. The Morgan fingerprint density at radius 2 is 2.32 bits per heavy atom. The van der Waals surface area contributed by atoms with Crippen LogP contribution in [-0.2, 0) is 13.1 Å². The summed E-state index contributed by atoms with van der Waals surface area (Å²) in [6, 6.07) is 7.50. The summed E-state index contributed by atoms with van der Waals surface area (Å²) in [5.74, 6) is 2.02. The van der Waals surface area contributed by atoms with Crippen molar-refractivity contribution in [2.75, 3.05) is 13.1 Å². The average molecular weight is 339 g/mol. The summed E-state index contributed by atoms with van der Waals surface area (Å²) in [6.07, 6.45) is 4.32. The summed E-state index contributed by atoms with van der Waals surface area (Å²) in [5.41, 5.74) is 1.83. The number of aromatic nitrogens is 3. The molecule has 1 aliphatic rings. The Morgan fingerprint density at radius 3 is 3.12 bits per heavy atom. The summed E-state index contributed by atoms with van der Waals surface area (Å²) < 4.78 is 7.40. The summed E-state index contributed by atoms with van der Waals surface area (Å²) in [5, 5.41) is 2.91. The zero-order chi connectivity index (χ0) is 17.2. The van der Waals surface area contributed by atoms with E-state index in [4.69, 9.17) is 9.40 Å². The maximum absolute atomic E-state index is 12.4. The number of imidazole rings is 1. The Kier molecular flexibility index (Phi) is 4.13. The smallest absolute Gasteiger partial charge is 0.317 e. The van der Waals surface area contributed by atoms with E-state index in [1.807, 2.05) is 29.2 Å². The second-order valence-electron chi connectivity index (χ2n) is 6.23. The number of aryl methyl sites for hydroxylation is 1. The first kappa shape index (κ1) is 15.7. The Hall–Kier alpha value is -2.83. The Bertz CT molecular complexity index is 871. The van der Waals surface area contributed by atoms with Crippen LogP contribution in [0.4, 0.5) is 4.79 Å². The van der Waals surface area contributed by atoms with Gasteiger partial charge in [-0.05, 0) is 37.6 Å². The lowest BCUT2D eigenvalue weighted by Gasteiger charge is -2.17. The molecule has 7 heteroatoms. The molecule has 1 unspecified atom stereocenters. The van der Waals surface area contributed by atoms with Gasteiger partial charge in [-0.1, -0.05) is 0 Å². The number of hydrogen-bond donors (Lipinski definition) is 1. The molecule has 1 aliphatic heterocycles. The first-order chi connectivity index (χ1) is 12.3. The number of fused-ring (bicyclic) bond motifs is 1. The Labute approximate surface area is 145 Å². The zero-order valence-electron chi connectivity index (χ0n) is 14.2. The summed E-state index contributed by atoms with van der Waals surface area (Å²) >= 11 is 0.